The summed E-state index contributed by atoms with van der Waals surface area (Å²) in [5.41, 5.74) is 3.44. The number of benzene rings is 1. The van der Waals surface area contributed by atoms with Gasteiger partial charge in [-0.05, 0) is 55.3 Å². The molecule has 0 heterocycles. The average Bonchev–Trinajstić information content (AvgIpc) is 2.44. The van der Waals surface area contributed by atoms with Crippen molar-refractivity contribution in [1.82, 2.24) is 0 Å². The van der Waals surface area contributed by atoms with E-state index in [-0.39, 0.29) is 13.2 Å². The van der Waals surface area contributed by atoms with Crippen LogP contribution in [0.15, 0.2) is 47.6 Å². The van der Waals surface area contributed by atoms with Crippen LogP contribution in [0.5, 0.6) is 0 Å². The maximum absolute atomic E-state index is 8.76. The number of hydrogen-bond donors (Lipinski definition) is 2. The molecule has 0 radical (unpaired) electrons. The molecule has 0 unspecified atom stereocenters. The molecule has 0 atom stereocenters. The fourth-order valence-corrected chi connectivity index (χ4v) is 1.39. The van der Waals surface area contributed by atoms with Crippen LogP contribution < -0.4 is 0 Å². The van der Waals surface area contributed by atoms with Crippen LogP contribution in [0.4, 0.5) is 0 Å². The second-order valence-electron chi connectivity index (χ2n) is 4.22. The first-order valence-electron chi connectivity index (χ1n) is 6.35. The number of hydrogen-bond acceptors (Lipinski definition) is 2. The van der Waals surface area contributed by atoms with E-state index in [1.165, 1.54) is 0 Å². The lowest BCUT2D eigenvalue weighted by Crippen LogP contribution is -1.81. The summed E-state index contributed by atoms with van der Waals surface area (Å²) in [4.78, 5) is 0. The molecule has 1 rings (SSSR count). The van der Waals surface area contributed by atoms with E-state index >= 15 is 0 Å². The van der Waals surface area contributed by atoms with Crippen molar-refractivity contribution in [3.05, 3.63) is 58.7 Å². The molecule has 0 amide bonds. The molecule has 20 heavy (non-hydrogen) atoms. The molecule has 0 aromatic heterocycles. The van der Waals surface area contributed by atoms with Gasteiger partial charge in [-0.3, -0.25) is 0 Å². The zero-order chi connectivity index (χ0) is 14.8. The van der Waals surface area contributed by atoms with Crippen molar-refractivity contribution >= 4 is 0 Å². The van der Waals surface area contributed by atoms with Crippen molar-refractivity contribution in [3.8, 4) is 23.7 Å². The van der Waals surface area contributed by atoms with E-state index in [0.29, 0.717) is 0 Å². The van der Waals surface area contributed by atoms with Crippen molar-refractivity contribution in [2.75, 3.05) is 13.2 Å². The summed E-state index contributed by atoms with van der Waals surface area (Å²) in [6.45, 7) is 3.72. The van der Waals surface area contributed by atoms with Crippen molar-refractivity contribution < 1.29 is 10.2 Å². The van der Waals surface area contributed by atoms with E-state index in [1.807, 2.05) is 38.1 Å². The fourth-order valence-electron chi connectivity index (χ4n) is 1.39. The van der Waals surface area contributed by atoms with Crippen molar-refractivity contribution in [2.24, 2.45) is 0 Å². The molecule has 0 aliphatic carbocycles. The molecule has 0 aliphatic heterocycles. The monoisotopic (exact) mass is 266 g/mol. The second-order valence-corrected chi connectivity index (χ2v) is 4.22. The Balaban J connectivity index is 2.92. The van der Waals surface area contributed by atoms with E-state index in [2.05, 4.69) is 23.7 Å². The van der Waals surface area contributed by atoms with Crippen LogP contribution in [0.1, 0.15) is 25.0 Å². The lowest BCUT2D eigenvalue weighted by Gasteiger charge is -1.93. The van der Waals surface area contributed by atoms with Crippen molar-refractivity contribution in [2.45, 2.75) is 13.8 Å². The molecule has 0 saturated carbocycles. The predicted octanol–water partition coefficient (Wildman–Crippen LogP) is 2.27. The largest absolute Gasteiger partial charge is 0.392 e. The minimum absolute atomic E-state index is 0.00248. The van der Waals surface area contributed by atoms with Crippen LogP contribution in [0.3, 0.4) is 0 Å². The van der Waals surface area contributed by atoms with E-state index in [9.17, 15) is 0 Å². The molecular weight excluding hydrogens is 248 g/mol. The molecule has 2 N–H and O–H groups in total. The Kier molecular flexibility index (Phi) is 6.93. The summed E-state index contributed by atoms with van der Waals surface area (Å²) < 4.78 is 0. The van der Waals surface area contributed by atoms with Gasteiger partial charge in [0.25, 0.3) is 0 Å². The van der Waals surface area contributed by atoms with Gasteiger partial charge in [-0.1, -0.05) is 29.7 Å². The molecule has 0 bridgehead atoms. The average molecular weight is 266 g/mol. The standard InChI is InChI=1S/C18H18O2/c1-15(10-12-19)6-8-17-4-3-5-18(14-17)9-7-16(2)11-13-20/h3-5,10-11,14,19-20H,12-13H2,1-2H3/b15-10+,16-11?. The third-order valence-electron chi connectivity index (χ3n) is 2.47. The molecule has 102 valence electrons. The van der Waals surface area contributed by atoms with E-state index in [4.69, 9.17) is 10.2 Å². The minimum atomic E-state index is 0.00248. The summed E-state index contributed by atoms with van der Waals surface area (Å²) in [6, 6.07) is 7.66. The normalized spacial score (nSPS) is 11.2. The number of allylic oxidation sites excluding steroid dienone is 2. The van der Waals surface area contributed by atoms with Gasteiger partial charge in [-0.15, -0.1) is 0 Å². The van der Waals surface area contributed by atoms with Gasteiger partial charge in [-0.25, -0.2) is 0 Å². The smallest absolute Gasteiger partial charge is 0.0624 e. The Morgan fingerprint density at radius 3 is 1.80 bits per heavy atom. The van der Waals surface area contributed by atoms with Crippen LogP contribution in [0.25, 0.3) is 0 Å². The zero-order valence-electron chi connectivity index (χ0n) is 11.8. The van der Waals surface area contributed by atoms with Gasteiger partial charge in [0.2, 0.25) is 0 Å². The summed E-state index contributed by atoms with van der Waals surface area (Å²) in [5, 5.41) is 17.5. The maximum atomic E-state index is 8.76. The zero-order valence-corrected chi connectivity index (χ0v) is 11.8. The fraction of sp³-hybridized carbons (Fsp3) is 0.222. The van der Waals surface area contributed by atoms with E-state index in [1.54, 1.807) is 12.2 Å². The Bertz CT molecular complexity index is 575. The summed E-state index contributed by atoms with van der Waals surface area (Å²) in [5.74, 6) is 12.0. The molecule has 0 fully saturated rings. The minimum Gasteiger partial charge on any atom is -0.392 e. The lowest BCUT2D eigenvalue weighted by molar-refractivity contribution is 0.342. The topological polar surface area (TPSA) is 40.5 Å². The Hall–Kier alpha value is -2.26. The van der Waals surface area contributed by atoms with Crippen molar-refractivity contribution in [3.63, 3.8) is 0 Å². The van der Waals surface area contributed by atoms with E-state index < -0.39 is 0 Å². The maximum Gasteiger partial charge on any atom is 0.0624 e. The predicted molar refractivity (Wildman–Crippen MR) is 81.9 cm³/mol. The number of rotatable bonds is 2. The second kappa shape index (κ2) is 8.77. The molecule has 0 spiro atoms. The summed E-state index contributed by atoms with van der Waals surface area (Å²) in [7, 11) is 0. The first-order chi connectivity index (χ1) is 9.65. The SMILES string of the molecule is CC(C#Cc1cccc(C#C/C(C)=C/CO)c1)=CCO. The highest BCUT2D eigenvalue weighted by atomic mass is 16.3. The highest BCUT2D eigenvalue weighted by molar-refractivity contribution is 5.47. The van der Waals surface area contributed by atoms with Gasteiger partial charge in [0.15, 0.2) is 0 Å². The van der Waals surface area contributed by atoms with Crippen LogP contribution in [0, 0.1) is 23.7 Å². The molecule has 2 heteroatoms. The van der Waals surface area contributed by atoms with Crippen LogP contribution in [-0.2, 0) is 0 Å². The Morgan fingerprint density at radius 1 is 0.950 bits per heavy atom. The third-order valence-corrected chi connectivity index (χ3v) is 2.47. The number of aliphatic hydroxyl groups is 2. The summed E-state index contributed by atoms with van der Waals surface area (Å²) in [6.07, 6.45) is 3.33. The Morgan fingerprint density at radius 2 is 1.40 bits per heavy atom. The summed E-state index contributed by atoms with van der Waals surface area (Å²) >= 11 is 0. The van der Waals surface area contributed by atoms with Gasteiger partial charge in [0.1, 0.15) is 0 Å². The number of aliphatic hydroxyl groups excluding tert-OH is 2. The van der Waals surface area contributed by atoms with E-state index in [0.717, 1.165) is 22.3 Å². The van der Waals surface area contributed by atoms with Crippen LogP contribution >= 0.6 is 0 Å². The third kappa shape index (κ3) is 6.07. The highest BCUT2D eigenvalue weighted by Crippen LogP contribution is 2.03. The van der Waals surface area contributed by atoms with Gasteiger partial charge in [-0.2, -0.15) is 0 Å². The molecule has 1 aromatic carbocycles. The van der Waals surface area contributed by atoms with Gasteiger partial charge in [0, 0.05) is 11.1 Å². The molecule has 0 saturated heterocycles. The first kappa shape index (κ1) is 15.8. The Labute approximate surface area is 120 Å². The van der Waals surface area contributed by atoms with Crippen molar-refractivity contribution in [1.29, 1.82) is 0 Å². The molecule has 1 aromatic rings. The van der Waals surface area contributed by atoms with Crippen LogP contribution in [0.2, 0.25) is 0 Å². The quantitative estimate of drug-likeness (QED) is 0.806. The highest BCUT2D eigenvalue weighted by Gasteiger charge is 1.90. The van der Waals surface area contributed by atoms with Gasteiger partial charge >= 0.3 is 0 Å². The lowest BCUT2D eigenvalue weighted by atomic mass is 10.1. The first-order valence-corrected chi connectivity index (χ1v) is 6.35. The van der Waals surface area contributed by atoms with Gasteiger partial charge in [0.05, 0.1) is 13.2 Å². The van der Waals surface area contributed by atoms with Gasteiger partial charge < -0.3 is 10.2 Å². The van der Waals surface area contributed by atoms with Crippen LogP contribution in [-0.4, -0.2) is 23.4 Å². The molecular formula is C18H18O2. The molecule has 0 aliphatic rings. The molecule has 2 nitrogen and oxygen atoms in total.